The molecule has 0 radical (unpaired) electrons. The fourth-order valence-corrected chi connectivity index (χ4v) is 4.06. The van der Waals surface area contributed by atoms with Crippen LogP contribution < -0.4 is 10.2 Å². The van der Waals surface area contributed by atoms with Crippen molar-refractivity contribution in [2.24, 2.45) is 0 Å². The van der Waals surface area contributed by atoms with Crippen molar-refractivity contribution in [3.05, 3.63) is 41.9 Å². The predicted octanol–water partition coefficient (Wildman–Crippen LogP) is 4.15. The maximum atomic E-state index is 12.9. The monoisotopic (exact) mass is 379 g/mol. The van der Waals surface area contributed by atoms with Gasteiger partial charge in [0.1, 0.15) is 17.3 Å². The van der Waals surface area contributed by atoms with Crippen LogP contribution in [0.25, 0.3) is 0 Å². The number of rotatable bonds is 4. The lowest BCUT2D eigenvalue weighted by Gasteiger charge is -2.20. The van der Waals surface area contributed by atoms with Crippen molar-refractivity contribution in [1.82, 2.24) is 14.9 Å². The van der Waals surface area contributed by atoms with Crippen molar-refractivity contribution < 1.29 is 4.79 Å². The molecular weight excluding hydrogens is 350 g/mol. The largest absolute Gasteiger partial charge is 0.372 e. The van der Waals surface area contributed by atoms with Crippen LogP contribution in [0.2, 0.25) is 0 Å². The van der Waals surface area contributed by atoms with E-state index in [4.69, 9.17) is 0 Å². The summed E-state index contributed by atoms with van der Waals surface area (Å²) in [5.41, 5.74) is 2.71. The van der Waals surface area contributed by atoms with Gasteiger partial charge < -0.3 is 15.1 Å². The normalized spacial score (nSPS) is 17.5. The van der Waals surface area contributed by atoms with Crippen LogP contribution in [0.5, 0.6) is 0 Å². The first-order valence-corrected chi connectivity index (χ1v) is 10.5. The molecule has 6 nitrogen and oxygen atoms in total. The molecule has 2 aliphatic rings. The van der Waals surface area contributed by atoms with E-state index < -0.39 is 0 Å². The van der Waals surface area contributed by atoms with E-state index in [0.717, 1.165) is 44.7 Å². The SMILES string of the molecule is Cc1nc(Nc2ccc(N3CCCC3)cc2)cc(C(=O)N2CCCCCC2)n1. The van der Waals surface area contributed by atoms with Crippen LogP contribution in [-0.4, -0.2) is 47.0 Å². The number of hydrogen-bond donors (Lipinski definition) is 1. The molecule has 0 atom stereocenters. The van der Waals surface area contributed by atoms with Crippen molar-refractivity contribution in [2.45, 2.75) is 45.4 Å². The standard InChI is InChI=1S/C22H29N5O/c1-17-23-20(22(28)27-14-4-2-3-5-15-27)16-21(24-17)25-18-8-10-19(11-9-18)26-12-6-7-13-26/h8-11,16H,2-7,12-15H2,1H3,(H,23,24,25). The summed E-state index contributed by atoms with van der Waals surface area (Å²) in [4.78, 5) is 26.1. The highest BCUT2D eigenvalue weighted by Gasteiger charge is 2.20. The van der Waals surface area contributed by atoms with E-state index in [9.17, 15) is 4.79 Å². The predicted molar refractivity (Wildman–Crippen MR) is 112 cm³/mol. The van der Waals surface area contributed by atoms with Crippen LogP contribution in [-0.2, 0) is 0 Å². The molecule has 148 valence electrons. The zero-order valence-electron chi connectivity index (χ0n) is 16.7. The van der Waals surface area contributed by atoms with Gasteiger partial charge in [-0.05, 0) is 56.9 Å². The van der Waals surface area contributed by atoms with Gasteiger partial charge in [-0.15, -0.1) is 0 Å². The first kappa shape index (κ1) is 18.7. The van der Waals surface area contributed by atoms with E-state index in [1.165, 1.54) is 31.4 Å². The molecule has 2 aliphatic heterocycles. The number of nitrogens with zero attached hydrogens (tertiary/aromatic N) is 4. The first-order chi connectivity index (χ1) is 13.7. The second kappa shape index (κ2) is 8.59. The van der Waals surface area contributed by atoms with Crippen LogP contribution in [0.3, 0.4) is 0 Å². The number of likely N-dealkylation sites (tertiary alicyclic amines) is 1. The van der Waals surface area contributed by atoms with Gasteiger partial charge in [-0.2, -0.15) is 0 Å². The van der Waals surface area contributed by atoms with Crippen LogP contribution in [0.1, 0.15) is 54.8 Å². The lowest BCUT2D eigenvalue weighted by atomic mass is 10.2. The fraction of sp³-hybridized carbons (Fsp3) is 0.500. The molecule has 28 heavy (non-hydrogen) atoms. The van der Waals surface area contributed by atoms with Crippen molar-refractivity contribution in [3.8, 4) is 0 Å². The van der Waals surface area contributed by atoms with Gasteiger partial charge in [0.25, 0.3) is 5.91 Å². The summed E-state index contributed by atoms with van der Waals surface area (Å²) in [7, 11) is 0. The zero-order chi connectivity index (χ0) is 19.3. The molecule has 0 bridgehead atoms. The lowest BCUT2D eigenvalue weighted by Crippen LogP contribution is -2.32. The van der Waals surface area contributed by atoms with E-state index in [1.807, 2.05) is 11.8 Å². The van der Waals surface area contributed by atoms with Crippen LogP contribution in [0.4, 0.5) is 17.2 Å². The first-order valence-electron chi connectivity index (χ1n) is 10.5. The third-order valence-corrected chi connectivity index (χ3v) is 5.56. The van der Waals surface area contributed by atoms with E-state index in [-0.39, 0.29) is 5.91 Å². The van der Waals surface area contributed by atoms with Gasteiger partial charge in [0, 0.05) is 43.6 Å². The number of carbonyl (C=O) groups excluding carboxylic acids is 1. The maximum absolute atomic E-state index is 12.9. The Morgan fingerprint density at radius 3 is 2.21 bits per heavy atom. The van der Waals surface area contributed by atoms with Crippen LogP contribution >= 0.6 is 0 Å². The molecule has 3 heterocycles. The number of aryl methyl sites for hydroxylation is 1. The van der Waals surface area contributed by atoms with E-state index in [1.54, 1.807) is 6.07 Å². The average Bonchev–Trinajstić information content (AvgIpc) is 3.10. The Morgan fingerprint density at radius 2 is 1.54 bits per heavy atom. The topological polar surface area (TPSA) is 61.4 Å². The molecular formula is C22H29N5O. The highest BCUT2D eigenvalue weighted by atomic mass is 16.2. The Bertz CT molecular complexity index is 806. The van der Waals surface area contributed by atoms with E-state index in [0.29, 0.717) is 17.3 Å². The third-order valence-electron chi connectivity index (χ3n) is 5.56. The zero-order valence-corrected chi connectivity index (χ0v) is 16.7. The molecule has 0 aliphatic carbocycles. The van der Waals surface area contributed by atoms with Gasteiger partial charge in [0.05, 0.1) is 0 Å². The number of hydrogen-bond acceptors (Lipinski definition) is 5. The summed E-state index contributed by atoms with van der Waals surface area (Å²) in [6.07, 6.45) is 7.09. The molecule has 4 rings (SSSR count). The minimum atomic E-state index is 0.0137. The second-order valence-corrected chi connectivity index (χ2v) is 7.76. The van der Waals surface area contributed by atoms with Gasteiger partial charge >= 0.3 is 0 Å². The Labute approximate surface area is 167 Å². The summed E-state index contributed by atoms with van der Waals surface area (Å²) < 4.78 is 0. The molecule has 6 heteroatoms. The Kier molecular flexibility index (Phi) is 5.74. The van der Waals surface area contributed by atoms with E-state index >= 15 is 0 Å². The molecule has 2 aromatic rings. The second-order valence-electron chi connectivity index (χ2n) is 7.76. The molecule has 0 unspecified atom stereocenters. The minimum absolute atomic E-state index is 0.0137. The van der Waals surface area contributed by atoms with E-state index in [2.05, 4.69) is 44.5 Å². The average molecular weight is 380 g/mol. The van der Waals surface area contributed by atoms with Gasteiger partial charge in [0.15, 0.2) is 0 Å². The highest BCUT2D eigenvalue weighted by Crippen LogP contribution is 2.24. The molecule has 1 amide bonds. The molecule has 1 N–H and O–H groups in total. The maximum Gasteiger partial charge on any atom is 0.272 e. The number of aromatic nitrogens is 2. The fourth-order valence-electron chi connectivity index (χ4n) is 4.06. The number of carbonyl (C=O) groups is 1. The van der Waals surface area contributed by atoms with Crippen molar-refractivity contribution in [3.63, 3.8) is 0 Å². The van der Waals surface area contributed by atoms with Crippen molar-refractivity contribution in [1.29, 1.82) is 0 Å². The molecule has 1 aromatic carbocycles. The Morgan fingerprint density at radius 1 is 0.893 bits per heavy atom. The third kappa shape index (κ3) is 4.43. The van der Waals surface area contributed by atoms with Gasteiger partial charge in [-0.25, -0.2) is 9.97 Å². The summed E-state index contributed by atoms with van der Waals surface area (Å²) in [6.45, 7) is 5.76. The Hall–Kier alpha value is -2.63. The number of benzene rings is 1. The van der Waals surface area contributed by atoms with Crippen molar-refractivity contribution >= 4 is 23.1 Å². The Balaban J connectivity index is 1.48. The number of nitrogens with one attached hydrogen (secondary N) is 1. The quantitative estimate of drug-likeness (QED) is 0.865. The molecule has 0 saturated carbocycles. The molecule has 1 aromatic heterocycles. The molecule has 0 spiro atoms. The van der Waals surface area contributed by atoms with Crippen molar-refractivity contribution in [2.75, 3.05) is 36.4 Å². The van der Waals surface area contributed by atoms with Crippen LogP contribution in [0, 0.1) is 6.92 Å². The van der Waals surface area contributed by atoms with Gasteiger partial charge in [-0.1, -0.05) is 12.8 Å². The summed E-state index contributed by atoms with van der Waals surface area (Å²) in [5, 5.41) is 3.33. The molecule has 2 saturated heterocycles. The lowest BCUT2D eigenvalue weighted by molar-refractivity contribution is 0.0755. The van der Waals surface area contributed by atoms with Crippen LogP contribution in [0.15, 0.2) is 30.3 Å². The number of amides is 1. The summed E-state index contributed by atoms with van der Waals surface area (Å²) in [5.74, 6) is 1.29. The summed E-state index contributed by atoms with van der Waals surface area (Å²) in [6, 6.07) is 10.2. The number of anilines is 3. The summed E-state index contributed by atoms with van der Waals surface area (Å²) >= 11 is 0. The molecule has 2 fully saturated rings. The van der Waals surface area contributed by atoms with Gasteiger partial charge in [0.2, 0.25) is 0 Å². The van der Waals surface area contributed by atoms with Gasteiger partial charge in [-0.3, -0.25) is 4.79 Å². The minimum Gasteiger partial charge on any atom is -0.372 e. The smallest absolute Gasteiger partial charge is 0.272 e. The highest BCUT2D eigenvalue weighted by molar-refractivity contribution is 5.93.